The second kappa shape index (κ2) is 10.8. The highest BCUT2D eigenvalue weighted by atomic mass is 32.2. The van der Waals surface area contributed by atoms with E-state index >= 15 is 0 Å². The average Bonchev–Trinajstić information content (AvgIpc) is 3.00. The van der Waals surface area contributed by atoms with E-state index in [1.807, 2.05) is 12.1 Å². The Bertz CT molecular complexity index is 833. The molecule has 0 bridgehead atoms. The first-order valence-corrected chi connectivity index (χ1v) is 12.4. The largest absolute Gasteiger partial charge is 0.486 e. The summed E-state index contributed by atoms with van der Waals surface area (Å²) in [5, 5.41) is 9.47. The molecule has 156 valence electrons. The summed E-state index contributed by atoms with van der Waals surface area (Å²) < 4.78 is 32.7. The van der Waals surface area contributed by atoms with Crippen molar-refractivity contribution in [1.82, 2.24) is 19.5 Å². The van der Waals surface area contributed by atoms with Crippen LogP contribution in [0.15, 0.2) is 29.4 Å². The minimum Gasteiger partial charge on any atom is -0.486 e. The van der Waals surface area contributed by atoms with Crippen molar-refractivity contribution in [3.05, 3.63) is 35.7 Å². The molecule has 0 aliphatic carbocycles. The molecule has 0 saturated carbocycles. The molecule has 0 aliphatic heterocycles. The van der Waals surface area contributed by atoms with Crippen molar-refractivity contribution < 1.29 is 13.2 Å². The highest BCUT2D eigenvalue weighted by Crippen LogP contribution is 2.21. The summed E-state index contributed by atoms with van der Waals surface area (Å²) >= 11 is 1.59. The third-order valence-electron chi connectivity index (χ3n) is 3.96. The summed E-state index contributed by atoms with van der Waals surface area (Å²) in [7, 11) is -3.14. The number of hydrogen-bond donors (Lipinski definition) is 1. The quantitative estimate of drug-likeness (QED) is 0.415. The Kier molecular flexibility index (Phi) is 8.78. The summed E-state index contributed by atoms with van der Waals surface area (Å²) in [6, 6.07) is 8.10. The molecule has 28 heavy (non-hydrogen) atoms. The molecule has 1 heterocycles. The van der Waals surface area contributed by atoms with Crippen molar-refractivity contribution in [2.24, 2.45) is 5.92 Å². The molecule has 2 aromatic rings. The van der Waals surface area contributed by atoms with Crippen LogP contribution in [-0.4, -0.2) is 41.7 Å². The second-order valence-electron chi connectivity index (χ2n) is 7.06. The Balaban J connectivity index is 1.95. The zero-order chi connectivity index (χ0) is 20.6. The van der Waals surface area contributed by atoms with Crippen LogP contribution in [-0.2, 0) is 29.6 Å². The molecule has 9 heteroatoms. The van der Waals surface area contributed by atoms with Gasteiger partial charge in [0.2, 0.25) is 10.0 Å². The van der Waals surface area contributed by atoms with E-state index in [1.54, 1.807) is 11.8 Å². The minimum atomic E-state index is -3.14. The fraction of sp³-hybridized carbons (Fsp3) is 0.579. The molecule has 1 aromatic heterocycles. The molecule has 2 rings (SSSR count). The van der Waals surface area contributed by atoms with Crippen LogP contribution in [0.1, 0.15) is 38.6 Å². The first-order valence-electron chi connectivity index (χ1n) is 9.49. The lowest BCUT2D eigenvalue weighted by molar-refractivity contribution is 0.284. The monoisotopic (exact) mass is 426 g/mol. The van der Waals surface area contributed by atoms with Crippen LogP contribution in [0, 0.1) is 5.92 Å². The number of thioether (sulfide) groups is 1. The fourth-order valence-electron chi connectivity index (χ4n) is 2.54. The van der Waals surface area contributed by atoms with Crippen LogP contribution < -0.4 is 9.46 Å². The van der Waals surface area contributed by atoms with Gasteiger partial charge >= 0.3 is 0 Å². The molecular formula is C19H30N4O3S2. The first-order chi connectivity index (χ1) is 13.3. The maximum atomic E-state index is 11.1. The summed E-state index contributed by atoms with van der Waals surface area (Å²) in [5.41, 5.74) is 1.28. The van der Waals surface area contributed by atoms with E-state index in [1.165, 1.54) is 11.8 Å². The van der Waals surface area contributed by atoms with E-state index in [9.17, 15) is 8.42 Å². The van der Waals surface area contributed by atoms with Gasteiger partial charge in [-0.1, -0.05) is 44.7 Å². The van der Waals surface area contributed by atoms with Crippen LogP contribution in [0.25, 0.3) is 0 Å². The van der Waals surface area contributed by atoms with E-state index in [2.05, 4.69) is 52.4 Å². The third kappa shape index (κ3) is 7.81. The number of hydrogen-bond acceptors (Lipinski definition) is 6. The average molecular weight is 427 g/mol. The molecule has 1 aromatic carbocycles. The molecule has 0 spiro atoms. The van der Waals surface area contributed by atoms with Gasteiger partial charge in [-0.2, -0.15) is 0 Å². The normalized spacial score (nSPS) is 11.9. The topological polar surface area (TPSA) is 86.1 Å². The highest BCUT2D eigenvalue weighted by molar-refractivity contribution is 7.99. The van der Waals surface area contributed by atoms with Crippen molar-refractivity contribution in [2.75, 3.05) is 18.6 Å². The van der Waals surface area contributed by atoms with Gasteiger partial charge in [-0.15, -0.1) is 10.2 Å². The first kappa shape index (κ1) is 22.7. The van der Waals surface area contributed by atoms with Crippen molar-refractivity contribution in [2.45, 2.75) is 51.9 Å². The van der Waals surface area contributed by atoms with E-state index in [0.29, 0.717) is 19.1 Å². The third-order valence-corrected chi connectivity index (χ3v) is 5.74. The van der Waals surface area contributed by atoms with Gasteiger partial charge < -0.3 is 9.30 Å². The van der Waals surface area contributed by atoms with Crippen LogP contribution in [0.4, 0.5) is 0 Å². The molecule has 1 N–H and O–H groups in total. The lowest BCUT2D eigenvalue weighted by Gasteiger charge is -2.13. The standard InChI is InChI=1S/C19H30N4O3S2/c1-5-16-7-9-17(10-8-16)26-14-18-21-22-19(23(18)13-15(2)3)27-12-6-11-20-28(4,24)25/h7-10,15,20H,5-6,11-14H2,1-4H3. The van der Waals surface area contributed by atoms with Crippen molar-refractivity contribution in [3.63, 3.8) is 0 Å². The van der Waals surface area contributed by atoms with Gasteiger partial charge in [0.05, 0.1) is 6.26 Å². The molecule has 7 nitrogen and oxygen atoms in total. The van der Waals surface area contributed by atoms with Crippen LogP contribution in [0.2, 0.25) is 0 Å². The van der Waals surface area contributed by atoms with E-state index in [-0.39, 0.29) is 0 Å². The SMILES string of the molecule is CCc1ccc(OCc2nnc(SCCCNS(C)(=O)=O)n2CC(C)C)cc1. The van der Waals surface area contributed by atoms with Crippen LogP contribution in [0.5, 0.6) is 5.75 Å². The molecule has 0 aliphatic rings. The summed E-state index contributed by atoms with van der Waals surface area (Å²) in [6.07, 6.45) is 2.90. The predicted molar refractivity (Wildman–Crippen MR) is 113 cm³/mol. The number of aryl methyl sites for hydroxylation is 1. The number of ether oxygens (including phenoxy) is 1. The molecule has 0 unspecified atom stereocenters. The molecule has 0 fully saturated rings. The van der Waals surface area contributed by atoms with Crippen LogP contribution >= 0.6 is 11.8 Å². The van der Waals surface area contributed by atoms with Gasteiger partial charge in [-0.25, -0.2) is 13.1 Å². The zero-order valence-electron chi connectivity index (χ0n) is 17.0. The molecule has 0 radical (unpaired) electrons. The van der Waals surface area contributed by atoms with Crippen molar-refractivity contribution in [3.8, 4) is 5.75 Å². The Hall–Kier alpha value is -1.58. The Morgan fingerprint density at radius 1 is 1.21 bits per heavy atom. The lowest BCUT2D eigenvalue weighted by Crippen LogP contribution is -2.23. The van der Waals surface area contributed by atoms with Gasteiger partial charge in [0, 0.05) is 18.8 Å². The Labute approximate surface area is 172 Å². The number of sulfonamides is 1. The fourth-order valence-corrected chi connectivity index (χ4v) is 3.96. The molecule has 0 atom stereocenters. The lowest BCUT2D eigenvalue weighted by atomic mass is 10.2. The molecular weight excluding hydrogens is 396 g/mol. The van der Waals surface area contributed by atoms with E-state index < -0.39 is 10.0 Å². The van der Waals surface area contributed by atoms with Gasteiger partial charge in [0.25, 0.3) is 0 Å². The number of nitrogens with one attached hydrogen (secondary N) is 1. The maximum Gasteiger partial charge on any atom is 0.208 e. The second-order valence-corrected chi connectivity index (χ2v) is 9.95. The number of nitrogens with zero attached hydrogens (tertiary/aromatic N) is 3. The van der Waals surface area contributed by atoms with E-state index in [0.717, 1.165) is 41.9 Å². The molecule has 0 saturated heterocycles. The maximum absolute atomic E-state index is 11.1. The zero-order valence-corrected chi connectivity index (χ0v) is 18.6. The van der Waals surface area contributed by atoms with Crippen LogP contribution in [0.3, 0.4) is 0 Å². The van der Waals surface area contributed by atoms with Crippen molar-refractivity contribution >= 4 is 21.8 Å². The minimum absolute atomic E-state index is 0.362. The molecule has 0 amide bonds. The van der Waals surface area contributed by atoms with Gasteiger partial charge in [0.1, 0.15) is 12.4 Å². The number of benzene rings is 1. The smallest absolute Gasteiger partial charge is 0.208 e. The van der Waals surface area contributed by atoms with Crippen molar-refractivity contribution in [1.29, 1.82) is 0 Å². The Morgan fingerprint density at radius 3 is 2.54 bits per heavy atom. The summed E-state index contributed by atoms with van der Waals surface area (Å²) in [4.78, 5) is 0. The van der Waals surface area contributed by atoms with Gasteiger partial charge in [-0.05, 0) is 36.5 Å². The number of rotatable bonds is 12. The highest BCUT2D eigenvalue weighted by Gasteiger charge is 2.14. The summed E-state index contributed by atoms with van der Waals surface area (Å²) in [6.45, 7) is 8.03. The summed E-state index contributed by atoms with van der Waals surface area (Å²) in [5.74, 6) is 2.82. The van der Waals surface area contributed by atoms with E-state index in [4.69, 9.17) is 4.74 Å². The Morgan fingerprint density at radius 2 is 1.93 bits per heavy atom. The number of aromatic nitrogens is 3. The predicted octanol–water partition coefficient (Wildman–Crippen LogP) is 3.11. The van der Waals surface area contributed by atoms with Gasteiger partial charge in [0.15, 0.2) is 11.0 Å². The van der Waals surface area contributed by atoms with Gasteiger partial charge in [-0.3, -0.25) is 0 Å².